The number of nitriles is 2. The highest BCUT2D eigenvalue weighted by atomic mass is 79.9. The average Bonchev–Trinajstić information content (AvgIpc) is 2.41. The summed E-state index contributed by atoms with van der Waals surface area (Å²) < 4.78 is 1.74. The minimum atomic E-state index is -1.50. The molecule has 1 rings (SSSR count). The third-order valence-corrected chi connectivity index (χ3v) is 3.52. The molecule has 5 nitrogen and oxygen atoms in total. The Hall–Kier alpha value is -1.44. The van der Waals surface area contributed by atoms with Gasteiger partial charge in [-0.25, -0.2) is 0 Å². The van der Waals surface area contributed by atoms with E-state index >= 15 is 0 Å². The van der Waals surface area contributed by atoms with E-state index in [0.717, 1.165) is 10.7 Å². The largest absolute Gasteiger partial charge is 0.373 e. The molecule has 1 aromatic rings. The molecule has 98 valence electrons. The van der Waals surface area contributed by atoms with Crippen LogP contribution in [0.15, 0.2) is 34.4 Å². The zero-order chi connectivity index (χ0) is 14.4. The fourth-order valence-corrected chi connectivity index (χ4v) is 1.69. The predicted molar refractivity (Wildman–Crippen MR) is 75.9 cm³/mol. The molecule has 19 heavy (non-hydrogen) atoms. The maximum absolute atomic E-state index is 9.20. The van der Waals surface area contributed by atoms with Crippen molar-refractivity contribution in [2.24, 2.45) is 0 Å². The predicted octanol–water partition coefficient (Wildman–Crippen LogP) is 2.86. The highest BCUT2D eigenvalue weighted by Crippen LogP contribution is 2.27. The first kappa shape index (κ1) is 15.6. The SMILES string of the molecule is N#CC(=CNN(Cl)c1ccc(Cl)c(Br)c1)C(O)C#N. The Morgan fingerprint density at radius 2 is 2.21 bits per heavy atom. The molecule has 0 amide bonds. The third-order valence-electron chi connectivity index (χ3n) is 2.01. The first-order valence-electron chi connectivity index (χ1n) is 4.84. The molecule has 1 aromatic carbocycles. The number of hydrogen-bond acceptors (Lipinski definition) is 5. The molecule has 2 N–H and O–H groups in total. The summed E-state index contributed by atoms with van der Waals surface area (Å²) in [6, 6.07) is 8.16. The van der Waals surface area contributed by atoms with Crippen LogP contribution in [0.1, 0.15) is 0 Å². The van der Waals surface area contributed by atoms with Crippen LogP contribution in [-0.2, 0) is 0 Å². The minimum absolute atomic E-state index is 0.152. The summed E-state index contributed by atoms with van der Waals surface area (Å²) in [4.78, 5) is 0. The molecule has 0 aliphatic rings. The van der Waals surface area contributed by atoms with Crippen LogP contribution in [0.4, 0.5) is 5.69 Å². The Morgan fingerprint density at radius 3 is 2.74 bits per heavy atom. The number of nitrogens with zero attached hydrogens (tertiary/aromatic N) is 3. The van der Waals surface area contributed by atoms with Crippen LogP contribution >= 0.6 is 39.3 Å². The van der Waals surface area contributed by atoms with Gasteiger partial charge in [0.1, 0.15) is 6.07 Å². The molecule has 0 aromatic heterocycles. The molecule has 0 heterocycles. The van der Waals surface area contributed by atoms with Crippen LogP contribution in [0.3, 0.4) is 0 Å². The van der Waals surface area contributed by atoms with E-state index in [1.165, 1.54) is 6.07 Å². The van der Waals surface area contributed by atoms with Gasteiger partial charge in [-0.15, -0.1) is 0 Å². The van der Waals surface area contributed by atoms with Gasteiger partial charge in [0.05, 0.1) is 22.4 Å². The van der Waals surface area contributed by atoms with E-state index in [4.69, 9.17) is 33.9 Å². The summed E-state index contributed by atoms with van der Waals surface area (Å²) >= 11 is 15.0. The lowest BCUT2D eigenvalue weighted by Crippen LogP contribution is -2.25. The Kier molecular flexibility index (Phi) is 5.94. The van der Waals surface area contributed by atoms with E-state index in [1.807, 2.05) is 0 Å². The van der Waals surface area contributed by atoms with Crippen molar-refractivity contribution < 1.29 is 5.11 Å². The van der Waals surface area contributed by atoms with Gasteiger partial charge in [-0.1, -0.05) is 11.6 Å². The Labute approximate surface area is 128 Å². The van der Waals surface area contributed by atoms with Gasteiger partial charge in [0, 0.05) is 22.4 Å². The second-order valence-corrected chi connectivity index (χ2v) is 4.85. The van der Waals surface area contributed by atoms with Crippen molar-refractivity contribution in [2.75, 3.05) is 4.53 Å². The van der Waals surface area contributed by atoms with E-state index < -0.39 is 6.10 Å². The monoisotopic (exact) mass is 360 g/mol. The van der Waals surface area contributed by atoms with Crippen molar-refractivity contribution >= 4 is 45.0 Å². The highest BCUT2D eigenvalue weighted by molar-refractivity contribution is 9.10. The molecule has 0 radical (unpaired) electrons. The topological polar surface area (TPSA) is 83.1 Å². The van der Waals surface area contributed by atoms with Crippen molar-refractivity contribution in [1.82, 2.24) is 5.43 Å². The zero-order valence-electron chi connectivity index (χ0n) is 9.31. The second kappa shape index (κ2) is 7.22. The van der Waals surface area contributed by atoms with Crippen LogP contribution in [0.5, 0.6) is 0 Å². The molecule has 0 spiro atoms. The number of aliphatic hydroxyl groups is 1. The van der Waals surface area contributed by atoms with Gasteiger partial charge in [-0.05, 0) is 34.1 Å². The van der Waals surface area contributed by atoms with E-state index in [1.54, 1.807) is 24.3 Å². The van der Waals surface area contributed by atoms with Crippen molar-refractivity contribution in [3.05, 3.63) is 39.5 Å². The van der Waals surface area contributed by atoms with Crippen LogP contribution in [-0.4, -0.2) is 11.2 Å². The van der Waals surface area contributed by atoms with Crippen molar-refractivity contribution in [1.29, 1.82) is 10.5 Å². The van der Waals surface area contributed by atoms with Crippen LogP contribution in [0.25, 0.3) is 0 Å². The van der Waals surface area contributed by atoms with E-state index in [2.05, 4.69) is 21.4 Å². The standard InChI is InChI=1S/C11H7BrCl2N4O/c12-9-3-8(1-2-10(9)13)18(14)17-6-7(4-15)11(19)5-16/h1-3,6,11,17,19H. The quantitative estimate of drug-likeness (QED) is 0.373. The summed E-state index contributed by atoms with van der Waals surface area (Å²) in [5.74, 6) is 0. The lowest BCUT2D eigenvalue weighted by Gasteiger charge is -2.16. The van der Waals surface area contributed by atoms with Crippen LogP contribution < -0.4 is 9.95 Å². The zero-order valence-corrected chi connectivity index (χ0v) is 12.4. The fraction of sp³-hybridized carbons (Fsp3) is 0.0909. The van der Waals surface area contributed by atoms with Gasteiger partial charge >= 0.3 is 0 Å². The first-order chi connectivity index (χ1) is 8.99. The molecule has 0 aliphatic carbocycles. The number of hydrogen-bond donors (Lipinski definition) is 2. The van der Waals surface area contributed by atoms with E-state index in [0.29, 0.717) is 15.2 Å². The van der Waals surface area contributed by atoms with Crippen molar-refractivity contribution in [3.63, 3.8) is 0 Å². The smallest absolute Gasteiger partial charge is 0.177 e. The van der Waals surface area contributed by atoms with Gasteiger partial charge in [-0.3, -0.25) is 5.43 Å². The molecule has 0 saturated carbocycles. The van der Waals surface area contributed by atoms with Gasteiger partial charge in [0.15, 0.2) is 6.10 Å². The lowest BCUT2D eigenvalue weighted by atomic mass is 10.2. The molecular weight excluding hydrogens is 355 g/mol. The van der Waals surface area contributed by atoms with Crippen molar-refractivity contribution in [3.8, 4) is 12.1 Å². The van der Waals surface area contributed by atoms with Crippen LogP contribution in [0.2, 0.25) is 5.02 Å². The summed E-state index contributed by atoms with van der Waals surface area (Å²) in [7, 11) is 0. The van der Waals surface area contributed by atoms with Gasteiger partial charge < -0.3 is 5.11 Å². The van der Waals surface area contributed by atoms with Gasteiger partial charge in [-0.2, -0.15) is 15.1 Å². The molecular formula is C11H7BrCl2N4O. The number of hydrazine groups is 1. The van der Waals surface area contributed by atoms with E-state index in [9.17, 15) is 5.11 Å². The molecule has 1 unspecified atom stereocenters. The minimum Gasteiger partial charge on any atom is -0.373 e. The Bertz CT molecular complexity index is 579. The summed E-state index contributed by atoms with van der Waals surface area (Å²) in [6.07, 6.45) is -0.358. The number of rotatable bonds is 4. The first-order valence-corrected chi connectivity index (χ1v) is 6.35. The van der Waals surface area contributed by atoms with E-state index in [-0.39, 0.29) is 5.57 Å². The maximum Gasteiger partial charge on any atom is 0.177 e. The number of nitrogens with one attached hydrogen (secondary N) is 1. The van der Waals surface area contributed by atoms with Gasteiger partial charge in [0.25, 0.3) is 0 Å². The summed E-state index contributed by atoms with van der Waals surface area (Å²) in [5, 5.41) is 27.0. The van der Waals surface area contributed by atoms with Crippen molar-refractivity contribution in [2.45, 2.75) is 6.10 Å². The molecule has 0 bridgehead atoms. The molecule has 0 saturated heterocycles. The maximum atomic E-state index is 9.20. The van der Waals surface area contributed by atoms with Gasteiger partial charge in [0.2, 0.25) is 0 Å². The fourth-order valence-electron chi connectivity index (χ4n) is 1.05. The number of aliphatic hydroxyl groups excluding tert-OH is 1. The Balaban J connectivity index is 2.83. The second-order valence-electron chi connectivity index (χ2n) is 3.25. The Morgan fingerprint density at radius 1 is 1.53 bits per heavy atom. The number of halogens is 3. The molecule has 8 heteroatoms. The van der Waals surface area contributed by atoms with Crippen LogP contribution in [0, 0.1) is 22.7 Å². The highest BCUT2D eigenvalue weighted by Gasteiger charge is 2.10. The number of benzene rings is 1. The molecule has 1 atom stereocenters. The lowest BCUT2D eigenvalue weighted by molar-refractivity contribution is 0.270. The normalized spacial score (nSPS) is 12.2. The summed E-state index contributed by atoms with van der Waals surface area (Å²) in [5.41, 5.74) is 2.95. The molecule has 0 aliphatic heterocycles. The summed E-state index contributed by atoms with van der Waals surface area (Å²) in [6.45, 7) is 0. The third kappa shape index (κ3) is 4.30. The molecule has 0 fully saturated rings. The number of anilines is 1. The average molecular weight is 362 g/mol.